The third-order valence-corrected chi connectivity index (χ3v) is 5.08. The number of H-pyrrole nitrogens is 1. The molecular weight excluding hydrogens is 272 g/mol. The summed E-state index contributed by atoms with van der Waals surface area (Å²) in [7, 11) is 0. The standard InChI is InChI=1S/C18H24N4/c1-2-4-14(5-3-1)16-8-17(16)21-12-18(6-7-18)11-19-9-15-10-20-13-22-15/h1-5,10,13,16-17,19,21H,6-9,11-12H2,(H,20,22)/t16?,17-/m0/s1. The van der Waals surface area contributed by atoms with E-state index in [1.807, 2.05) is 6.20 Å². The van der Waals surface area contributed by atoms with Crippen molar-refractivity contribution in [3.63, 3.8) is 0 Å². The van der Waals surface area contributed by atoms with E-state index in [-0.39, 0.29) is 0 Å². The molecule has 2 saturated carbocycles. The smallest absolute Gasteiger partial charge is 0.0922 e. The Kier molecular flexibility index (Phi) is 3.72. The van der Waals surface area contributed by atoms with Crippen molar-refractivity contribution in [2.45, 2.75) is 37.8 Å². The molecule has 0 amide bonds. The summed E-state index contributed by atoms with van der Waals surface area (Å²) in [5.41, 5.74) is 3.14. The molecule has 1 heterocycles. The molecular formula is C18H24N4. The quantitative estimate of drug-likeness (QED) is 0.701. The Morgan fingerprint density at radius 3 is 2.77 bits per heavy atom. The largest absolute Gasteiger partial charge is 0.347 e. The van der Waals surface area contributed by atoms with E-state index in [4.69, 9.17) is 0 Å². The van der Waals surface area contributed by atoms with Crippen molar-refractivity contribution in [2.24, 2.45) is 5.41 Å². The Morgan fingerprint density at radius 2 is 2.05 bits per heavy atom. The van der Waals surface area contributed by atoms with Gasteiger partial charge in [-0.1, -0.05) is 30.3 Å². The monoisotopic (exact) mass is 296 g/mol. The van der Waals surface area contributed by atoms with Gasteiger partial charge in [-0.3, -0.25) is 0 Å². The average molecular weight is 296 g/mol. The highest BCUT2D eigenvalue weighted by molar-refractivity contribution is 5.27. The number of imidazole rings is 1. The van der Waals surface area contributed by atoms with Gasteiger partial charge in [-0.05, 0) is 30.2 Å². The summed E-state index contributed by atoms with van der Waals surface area (Å²) >= 11 is 0. The second-order valence-corrected chi connectivity index (χ2v) is 6.92. The lowest BCUT2D eigenvalue weighted by molar-refractivity contribution is 0.419. The highest BCUT2D eigenvalue weighted by atomic mass is 15.0. The van der Waals surface area contributed by atoms with Gasteiger partial charge in [0.05, 0.1) is 6.33 Å². The van der Waals surface area contributed by atoms with Gasteiger partial charge in [0, 0.05) is 43.5 Å². The number of aromatic amines is 1. The Labute approximate surface area is 131 Å². The Bertz CT molecular complexity index is 589. The number of nitrogens with one attached hydrogen (secondary N) is 3. The molecule has 4 rings (SSSR count). The zero-order valence-corrected chi connectivity index (χ0v) is 12.9. The third-order valence-electron chi connectivity index (χ3n) is 5.08. The number of hydrogen-bond donors (Lipinski definition) is 3. The van der Waals surface area contributed by atoms with Crippen LogP contribution in [0.5, 0.6) is 0 Å². The van der Waals surface area contributed by atoms with E-state index in [1.165, 1.54) is 24.8 Å². The fourth-order valence-electron chi connectivity index (χ4n) is 3.27. The van der Waals surface area contributed by atoms with Gasteiger partial charge < -0.3 is 15.6 Å². The van der Waals surface area contributed by atoms with E-state index in [2.05, 4.69) is 50.9 Å². The molecule has 0 radical (unpaired) electrons. The first-order valence-electron chi connectivity index (χ1n) is 8.31. The van der Waals surface area contributed by atoms with Crippen LogP contribution in [-0.4, -0.2) is 29.1 Å². The zero-order chi connectivity index (χ0) is 14.8. The number of rotatable bonds is 8. The van der Waals surface area contributed by atoms with Crippen LogP contribution in [0.1, 0.15) is 36.4 Å². The predicted molar refractivity (Wildman–Crippen MR) is 87.6 cm³/mol. The van der Waals surface area contributed by atoms with Gasteiger partial charge >= 0.3 is 0 Å². The van der Waals surface area contributed by atoms with Crippen LogP contribution in [-0.2, 0) is 6.54 Å². The lowest BCUT2D eigenvalue weighted by Crippen LogP contribution is -2.34. The predicted octanol–water partition coefficient (Wildman–Crippen LogP) is 2.43. The summed E-state index contributed by atoms with van der Waals surface area (Å²) < 4.78 is 0. The van der Waals surface area contributed by atoms with Crippen molar-refractivity contribution in [3.8, 4) is 0 Å². The van der Waals surface area contributed by atoms with Crippen LogP contribution in [0, 0.1) is 5.41 Å². The van der Waals surface area contributed by atoms with Crippen LogP contribution < -0.4 is 10.6 Å². The minimum Gasteiger partial charge on any atom is -0.347 e. The average Bonchev–Trinajstić information content (AvgIpc) is 3.45. The SMILES string of the molecule is c1ccc(C2C[C@@H]2NCC2(CNCc3cnc[nH]3)CC2)cc1. The van der Waals surface area contributed by atoms with E-state index in [1.54, 1.807) is 6.33 Å². The second kappa shape index (κ2) is 5.86. The van der Waals surface area contributed by atoms with Gasteiger partial charge in [0.2, 0.25) is 0 Å². The molecule has 1 unspecified atom stereocenters. The van der Waals surface area contributed by atoms with Crippen molar-refractivity contribution in [1.82, 2.24) is 20.6 Å². The summed E-state index contributed by atoms with van der Waals surface area (Å²) in [5.74, 6) is 0.731. The van der Waals surface area contributed by atoms with Gasteiger partial charge in [0.15, 0.2) is 0 Å². The minimum absolute atomic E-state index is 0.490. The lowest BCUT2D eigenvalue weighted by Gasteiger charge is -2.17. The fraction of sp³-hybridized carbons (Fsp3) is 0.500. The zero-order valence-electron chi connectivity index (χ0n) is 12.9. The molecule has 2 aromatic rings. The molecule has 2 fully saturated rings. The molecule has 116 valence electrons. The first-order chi connectivity index (χ1) is 10.8. The molecule has 1 aromatic heterocycles. The van der Waals surface area contributed by atoms with E-state index < -0.39 is 0 Å². The number of benzene rings is 1. The maximum atomic E-state index is 4.05. The number of hydrogen-bond acceptors (Lipinski definition) is 3. The van der Waals surface area contributed by atoms with Gasteiger partial charge in [-0.15, -0.1) is 0 Å². The van der Waals surface area contributed by atoms with E-state index >= 15 is 0 Å². The molecule has 4 heteroatoms. The van der Waals surface area contributed by atoms with Crippen molar-refractivity contribution in [1.29, 1.82) is 0 Å². The highest BCUT2D eigenvalue weighted by Crippen LogP contribution is 2.46. The van der Waals surface area contributed by atoms with Gasteiger partial charge in [0.1, 0.15) is 0 Å². The molecule has 4 nitrogen and oxygen atoms in total. The number of aromatic nitrogens is 2. The molecule has 1 aromatic carbocycles. The maximum Gasteiger partial charge on any atom is 0.0922 e. The molecule has 0 saturated heterocycles. The summed E-state index contributed by atoms with van der Waals surface area (Å²) in [6.45, 7) is 3.14. The summed E-state index contributed by atoms with van der Waals surface area (Å²) in [5, 5.41) is 7.36. The Morgan fingerprint density at radius 1 is 1.18 bits per heavy atom. The first-order valence-corrected chi connectivity index (χ1v) is 8.31. The number of nitrogens with zero attached hydrogens (tertiary/aromatic N) is 1. The van der Waals surface area contributed by atoms with Crippen LogP contribution in [0.4, 0.5) is 0 Å². The fourth-order valence-corrected chi connectivity index (χ4v) is 3.27. The molecule has 2 aliphatic rings. The van der Waals surface area contributed by atoms with Gasteiger partial charge in [-0.25, -0.2) is 4.98 Å². The van der Waals surface area contributed by atoms with Crippen LogP contribution in [0.2, 0.25) is 0 Å². The van der Waals surface area contributed by atoms with Crippen molar-refractivity contribution >= 4 is 0 Å². The van der Waals surface area contributed by atoms with Crippen LogP contribution in [0.3, 0.4) is 0 Å². The molecule has 22 heavy (non-hydrogen) atoms. The molecule has 2 aliphatic carbocycles. The Balaban J connectivity index is 1.20. The summed E-state index contributed by atoms with van der Waals surface area (Å²) in [6.07, 6.45) is 7.61. The van der Waals surface area contributed by atoms with E-state index in [0.717, 1.165) is 31.2 Å². The van der Waals surface area contributed by atoms with Gasteiger partial charge in [0.25, 0.3) is 0 Å². The van der Waals surface area contributed by atoms with Crippen molar-refractivity contribution in [3.05, 3.63) is 54.1 Å². The van der Waals surface area contributed by atoms with Crippen LogP contribution in [0.25, 0.3) is 0 Å². The van der Waals surface area contributed by atoms with Crippen LogP contribution >= 0.6 is 0 Å². The normalized spacial score (nSPS) is 25.1. The van der Waals surface area contributed by atoms with Gasteiger partial charge in [-0.2, -0.15) is 0 Å². The van der Waals surface area contributed by atoms with Crippen molar-refractivity contribution in [2.75, 3.05) is 13.1 Å². The van der Waals surface area contributed by atoms with E-state index in [9.17, 15) is 0 Å². The summed E-state index contributed by atoms with van der Waals surface area (Å²) in [4.78, 5) is 7.19. The summed E-state index contributed by atoms with van der Waals surface area (Å²) in [6, 6.07) is 11.6. The van der Waals surface area contributed by atoms with Crippen molar-refractivity contribution < 1.29 is 0 Å². The molecule has 0 spiro atoms. The lowest BCUT2D eigenvalue weighted by atomic mass is 10.1. The molecule has 3 N–H and O–H groups in total. The maximum absolute atomic E-state index is 4.05. The highest BCUT2D eigenvalue weighted by Gasteiger charge is 2.45. The molecule has 2 atom stereocenters. The first kappa shape index (κ1) is 14.0. The molecule has 0 aliphatic heterocycles. The van der Waals surface area contributed by atoms with E-state index in [0.29, 0.717) is 11.5 Å². The minimum atomic E-state index is 0.490. The third kappa shape index (κ3) is 3.23. The van der Waals surface area contributed by atoms with Crippen LogP contribution in [0.15, 0.2) is 42.9 Å². The molecule has 0 bridgehead atoms. The second-order valence-electron chi connectivity index (χ2n) is 6.92. The Hall–Kier alpha value is -1.65. The topological polar surface area (TPSA) is 52.7 Å².